The summed E-state index contributed by atoms with van der Waals surface area (Å²) in [6.07, 6.45) is 1.17. The van der Waals surface area contributed by atoms with Crippen molar-refractivity contribution in [3.05, 3.63) is 23.8 Å². The third-order valence-corrected chi connectivity index (χ3v) is 3.41. The number of likely N-dealkylation sites (N-methyl/N-ethyl adjacent to an activating group) is 1. The molecular weight excluding hydrogens is 212 g/mol. The highest BCUT2D eigenvalue weighted by atomic mass is 15.2. The quantitative estimate of drug-likeness (QED) is 0.778. The molecule has 1 fully saturated rings. The molecule has 1 atom stereocenters. The van der Waals surface area contributed by atoms with Crippen LogP contribution >= 0.6 is 0 Å². The van der Waals surface area contributed by atoms with Crippen LogP contribution in [0.4, 0.5) is 11.4 Å². The summed E-state index contributed by atoms with van der Waals surface area (Å²) in [6, 6.07) is 8.37. The molecule has 0 aromatic heterocycles. The lowest BCUT2D eigenvalue weighted by Crippen LogP contribution is -2.31. The minimum atomic E-state index is 0.553. The van der Waals surface area contributed by atoms with E-state index in [1.165, 1.54) is 6.42 Å². The molecule has 1 unspecified atom stereocenters. The third-order valence-electron chi connectivity index (χ3n) is 3.41. The van der Waals surface area contributed by atoms with Crippen LogP contribution < -0.4 is 10.6 Å². The first-order valence-electron chi connectivity index (χ1n) is 5.83. The second-order valence-corrected chi connectivity index (χ2v) is 4.74. The van der Waals surface area contributed by atoms with Crippen molar-refractivity contribution in [3.63, 3.8) is 0 Å². The molecule has 0 spiro atoms. The van der Waals surface area contributed by atoms with E-state index < -0.39 is 0 Å². The molecule has 1 heterocycles. The van der Waals surface area contributed by atoms with Gasteiger partial charge >= 0.3 is 0 Å². The fourth-order valence-corrected chi connectivity index (χ4v) is 2.25. The zero-order valence-corrected chi connectivity index (χ0v) is 10.3. The Balaban J connectivity index is 2.15. The van der Waals surface area contributed by atoms with Crippen LogP contribution in [0.25, 0.3) is 0 Å². The number of nitrogens with zero attached hydrogens (tertiary/aromatic N) is 3. The van der Waals surface area contributed by atoms with Gasteiger partial charge in [-0.15, -0.1) is 0 Å². The lowest BCUT2D eigenvalue weighted by Gasteiger charge is -2.22. The number of nitrogens with two attached hydrogens (primary N) is 1. The Morgan fingerprint density at radius 3 is 2.76 bits per heavy atom. The number of nitriles is 1. The lowest BCUT2D eigenvalue weighted by atomic mass is 10.1. The zero-order valence-electron chi connectivity index (χ0n) is 10.3. The zero-order chi connectivity index (χ0) is 12.4. The van der Waals surface area contributed by atoms with Gasteiger partial charge in [-0.05, 0) is 38.7 Å². The minimum absolute atomic E-state index is 0.553. The normalized spacial score (nSPS) is 19.6. The van der Waals surface area contributed by atoms with Crippen molar-refractivity contribution in [2.75, 3.05) is 37.8 Å². The third kappa shape index (κ3) is 2.34. The van der Waals surface area contributed by atoms with Gasteiger partial charge in [0.15, 0.2) is 0 Å². The molecule has 0 aliphatic carbocycles. The molecule has 0 radical (unpaired) electrons. The van der Waals surface area contributed by atoms with Crippen molar-refractivity contribution < 1.29 is 0 Å². The van der Waals surface area contributed by atoms with Gasteiger partial charge < -0.3 is 15.5 Å². The van der Waals surface area contributed by atoms with E-state index in [2.05, 4.69) is 30.0 Å². The molecule has 1 aromatic rings. The predicted molar refractivity (Wildman–Crippen MR) is 69.9 cm³/mol. The Morgan fingerprint density at radius 2 is 2.24 bits per heavy atom. The summed E-state index contributed by atoms with van der Waals surface area (Å²) in [5.41, 5.74) is 8.07. The monoisotopic (exact) mass is 230 g/mol. The van der Waals surface area contributed by atoms with Crippen LogP contribution in [0.15, 0.2) is 18.2 Å². The van der Waals surface area contributed by atoms with Gasteiger partial charge in [0, 0.05) is 24.8 Å². The lowest BCUT2D eigenvalue weighted by molar-refractivity contribution is 0.315. The largest absolute Gasteiger partial charge is 0.398 e. The van der Waals surface area contributed by atoms with Gasteiger partial charge in [0.2, 0.25) is 0 Å². The highest BCUT2D eigenvalue weighted by Crippen LogP contribution is 2.25. The molecule has 1 saturated heterocycles. The van der Waals surface area contributed by atoms with Crippen LogP contribution in [0.2, 0.25) is 0 Å². The fraction of sp³-hybridized carbons (Fsp3) is 0.462. The molecule has 1 aliphatic rings. The summed E-state index contributed by atoms with van der Waals surface area (Å²) in [4.78, 5) is 4.58. The van der Waals surface area contributed by atoms with E-state index in [-0.39, 0.29) is 0 Å². The molecule has 2 rings (SSSR count). The molecule has 0 amide bonds. The van der Waals surface area contributed by atoms with Crippen LogP contribution in [0.5, 0.6) is 0 Å². The smallest absolute Gasteiger partial charge is 0.101 e. The van der Waals surface area contributed by atoms with E-state index in [9.17, 15) is 0 Å². The Morgan fingerprint density at radius 1 is 1.47 bits per heavy atom. The fourth-order valence-electron chi connectivity index (χ4n) is 2.25. The molecule has 4 nitrogen and oxygen atoms in total. The van der Waals surface area contributed by atoms with Gasteiger partial charge in [-0.25, -0.2) is 0 Å². The first-order valence-corrected chi connectivity index (χ1v) is 5.83. The predicted octanol–water partition coefficient (Wildman–Crippen LogP) is 1.28. The standard InChI is InChI=1S/C13H18N4/c1-16(2)12-5-6-17(9-12)11-4-3-10(8-14)13(15)7-11/h3-4,7,12H,5-6,9,15H2,1-2H3. The molecule has 90 valence electrons. The number of anilines is 2. The number of benzene rings is 1. The topological polar surface area (TPSA) is 56.3 Å². The molecule has 0 bridgehead atoms. The first kappa shape index (κ1) is 11.7. The SMILES string of the molecule is CN(C)C1CCN(c2ccc(C#N)c(N)c2)C1. The summed E-state index contributed by atoms with van der Waals surface area (Å²) < 4.78 is 0. The maximum atomic E-state index is 8.84. The van der Waals surface area contributed by atoms with Crippen LogP contribution in [-0.2, 0) is 0 Å². The second-order valence-electron chi connectivity index (χ2n) is 4.74. The van der Waals surface area contributed by atoms with Gasteiger partial charge in [-0.3, -0.25) is 0 Å². The molecule has 2 N–H and O–H groups in total. The average Bonchev–Trinajstić information content (AvgIpc) is 2.78. The molecule has 0 saturated carbocycles. The van der Waals surface area contributed by atoms with E-state index in [1.54, 1.807) is 6.07 Å². The van der Waals surface area contributed by atoms with E-state index in [1.807, 2.05) is 12.1 Å². The van der Waals surface area contributed by atoms with Crippen molar-refractivity contribution in [3.8, 4) is 6.07 Å². The van der Waals surface area contributed by atoms with E-state index in [4.69, 9.17) is 11.0 Å². The molecular formula is C13H18N4. The summed E-state index contributed by atoms with van der Waals surface area (Å²) in [5.74, 6) is 0. The molecule has 17 heavy (non-hydrogen) atoms. The Kier molecular flexibility index (Phi) is 3.21. The van der Waals surface area contributed by atoms with Crippen LogP contribution in [0.3, 0.4) is 0 Å². The Hall–Kier alpha value is -1.73. The number of rotatable bonds is 2. The summed E-state index contributed by atoms with van der Waals surface area (Å²) in [6.45, 7) is 2.08. The van der Waals surface area contributed by atoms with Gasteiger partial charge in [-0.1, -0.05) is 0 Å². The van der Waals surface area contributed by atoms with Crippen molar-refractivity contribution >= 4 is 11.4 Å². The number of hydrogen-bond acceptors (Lipinski definition) is 4. The van der Waals surface area contributed by atoms with Gasteiger partial charge in [0.25, 0.3) is 0 Å². The number of nitrogen functional groups attached to an aromatic ring is 1. The maximum absolute atomic E-state index is 8.84. The average molecular weight is 230 g/mol. The Labute approximate surface area is 102 Å². The van der Waals surface area contributed by atoms with Crippen LogP contribution in [-0.4, -0.2) is 38.1 Å². The highest BCUT2D eigenvalue weighted by Gasteiger charge is 2.24. The van der Waals surface area contributed by atoms with E-state index in [0.29, 0.717) is 17.3 Å². The van der Waals surface area contributed by atoms with Crippen LogP contribution in [0, 0.1) is 11.3 Å². The number of hydrogen-bond donors (Lipinski definition) is 1. The maximum Gasteiger partial charge on any atom is 0.101 e. The van der Waals surface area contributed by atoms with Crippen molar-refractivity contribution in [1.29, 1.82) is 5.26 Å². The second kappa shape index (κ2) is 4.64. The van der Waals surface area contributed by atoms with Crippen molar-refractivity contribution in [2.45, 2.75) is 12.5 Å². The molecule has 4 heteroatoms. The molecule has 1 aromatic carbocycles. The highest BCUT2D eigenvalue weighted by molar-refractivity contribution is 5.64. The summed E-state index contributed by atoms with van der Waals surface area (Å²) in [7, 11) is 4.22. The molecule has 1 aliphatic heterocycles. The Bertz CT molecular complexity index is 447. The first-order chi connectivity index (χ1) is 8.11. The summed E-state index contributed by atoms with van der Waals surface area (Å²) >= 11 is 0. The van der Waals surface area contributed by atoms with E-state index in [0.717, 1.165) is 18.8 Å². The van der Waals surface area contributed by atoms with Gasteiger partial charge in [0.05, 0.1) is 11.3 Å². The summed E-state index contributed by atoms with van der Waals surface area (Å²) in [5, 5.41) is 8.84. The van der Waals surface area contributed by atoms with Crippen LogP contribution in [0.1, 0.15) is 12.0 Å². The van der Waals surface area contributed by atoms with Crippen molar-refractivity contribution in [1.82, 2.24) is 4.90 Å². The minimum Gasteiger partial charge on any atom is -0.398 e. The van der Waals surface area contributed by atoms with Gasteiger partial charge in [-0.2, -0.15) is 5.26 Å². The van der Waals surface area contributed by atoms with E-state index >= 15 is 0 Å². The van der Waals surface area contributed by atoms with Crippen molar-refractivity contribution in [2.24, 2.45) is 0 Å². The van der Waals surface area contributed by atoms with Gasteiger partial charge in [0.1, 0.15) is 6.07 Å².